The number of fused-ring (bicyclic) bond motifs is 1. The van der Waals surface area contributed by atoms with E-state index in [4.69, 9.17) is 0 Å². The van der Waals surface area contributed by atoms with Gasteiger partial charge < -0.3 is 10.2 Å². The fourth-order valence-electron chi connectivity index (χ4n) is 3.70. The van der Waals surface area contributed by atoms with Gasteiger partial charge >= 0.3 is 0 Å². The number of anilines is 2. The smallest absolute Gasteiger partial charge is 0.257 e. The molecule has 2 aromatic heterocycles. The minimum absolute atomic E-state index is 0.0294. The fraction of sp³-hybridized carbons (Fsp3) is 0.318. The van der Waals surface area contributed by atoms with Gasteiger partial charge in [0.05, 0.1) is 11.3 Å². The molecule has 1 amide bonds. The summed E-state index contributed by atoms with van der Waals surface area (Å²) in [5.74, 6) is 0.0294. The molecular weight excluding hydrogens is 416 g/mol. The third kappa shape index (κ3) is 3.74. The molecule has 28 heavy (non-hydrogen) atoms. The van der Waals surface area contributed by atoms with Crippen molar-refractivity contribution in [2.24, 2.45) is 0 Å². The van der Waals surface area contributed by atoms with Crippen molar-refractivity contribution in [1.82, 2.24) is 14.9 Å². The zero-order valence-electron chi connectivity index (χ0n) is 16.1. The van der Waals surface area contributed by atoms with Crippen molar-refractivity contribution >= 4 is 44.2 Å². The van der Waals surface area contributed by atoms with Gasteiger partial charge in [0, 0.05) is 40.0 Å². The van der Waals surface area contributed by atoms with Crippen molar-refractivity contribution < 1.29 is 4.79 Å². The van der Waals surface area contributed by atoms with Crippen molar-refractivity contribution in [1.29, 1.82) is 0 Å². The van der Waals surface area contributed by atoms with Crippen LogP contribution < -0.4 is 5.32 Å². The number of carbonyl (C=O) groups is 1. The third-order valence-electron chi connectivity index (χ3n) is 5.28. The van der Waals surface area contributed by atoms with Gasteiger partial charge in [-0.05, 0) is 69.5 Å². The topological polar surface area (TPSA) is 58.1 Å². The summed E-state index contributed by atoms with van der Waals surface area (Å²) in [6.07, 6.45) is 4.93. The highest BCUT2D eigenvalue weighted by Crippen LogP contribution is 2.31. The Bertz CT molecular complexity index is 1020. The van der Waals surface area contributed by atoms with Crippen molar-refractivity contribution in [3.8, 4) is 0 Å². The number of nitrogens with zero attached hydrogens (tertiary/aromatic N) is 3. The predicted molar refractivity (Wildman–Crippen MR) is 116 cm³/mol. The van der Waals surface area contributed by atoms with Gasteiger partial charge in [-0.3, -0.25) is 4.79 Å². The van der Waals surface area contributed by atoms with E-state index < -0.39 is 0 Å². The maximum Gasteiger partial charge on any atom is 0.257 e. The van der Waals surface area contributed by atoms with E-state index in [0.29, 0.717) is 11.2 Å². The van der Waals surface area contributed by atoms with E-state index in [1.54, 1.807) is 6.20 Å². The number of aryl methyl sites for hydroxylation is 1. The molecule has 1 aliphatic rings. The first kappa shape index (κ1) is 18.9. The molecule has 0 saturated carbocycles. The normalized spacial score (nSPS) is 17.0. The zero-order chi connectivity index (χ0) is 19.7. The number of rotatable bonds is 3. The summed E-state index contributed by atoms with van der Waals surface area (Å²) in [5.41, 5.74) is 3.82. The number of piperidine rings is 1. The Morgan fingerprint density at radius 3 is 2.71 bits per heavy atom. The Morgan fingerprint density at radius 1 is 1.18 bits per heavy atom. The Hall–Kier alpha value is -2.47. The summed E-state index contributed by atoms with van der Waals surface area (Å²) in [6.45, 7) is 4.86. The molecule has 3 aromatic rings. The van der Waals surface area contributed by atoms with Gasteiger partial charge in [0.15, 0.2) is 5.65 Å². The van der Waals surface area contributed by atoms with Crippen LogP contribution in [-0.2, 0) is 0 Å². The number of amides is 1. The Morgan fingerprint density at radius 2 is 1.96 bits per heavy atom. The molecule has 4 rings (SSSR count). The lowest BCUT2D eigenvalue weighted by atomic mass is 10.0. The number of pyridine rings is 2. The summed E-state index contributed by atoms with van der Waals surface area (Å²) >= 11 is 3.47. The van der Waals surface area contributed by atoms with Crippen LogP contribution >= 0.6 is 15.9 Å². The largest absolute Gasteiger partial charge is 0.354 e. The first-order chi connectivity index (χ1) is 13.5. The van der Waals surface area contributed by atoms with E-state index >= 15 is 0 Å². The van der Waals surface area contributed by atoms with E-state index in [2.05, 4.69) is 38.1 Å². The van der Waals surface area contributed by atoms with Crippen LogP contribution in [-0.4, -0.2) is 33.4 Å². The number of carbonyl (C=O) groups excluding carboxylic acids is 1. The maximum atomic E-state index is 13.4. The van der Waals surface area contributed by atoms with Crippen molar-refractivity contribution in [2.75, 3.05) is 11.9 Å². The van der Waals surface area contributed by atoms with Gasteiger partial charge in [0.1, 0.15) is 0 Å². The highest BCUT2D eigenvalue weighted by Gasteiger charge is 2.27. The van der Waals surface area contributed by atoms with Crippen LogP contribution in [0.25, 0.3) is 11.0 Å². The van der Waals surface area contributed by atoms with E-state index in [1.807, 2.05) is 48.2 Å². The standard InChI is InChI=1S/C22H23BrN4O/c1-14-6-11-18-20(26-17-9-7-16(23)8-10-17)19(13-24-21(18)25-14)22(28)27-12-4-3-5-15(27)2/h6-11,13,15H,3-5,12H2,1-2H3,(H,24,25,26)/t15-/m1/s1. The van der Waals surface area contributed by atoms with Gasteiger partial charge in [-0.25, -0.2) is 9.97 Å². The van der Waals surface area contributed by atoms with Crippen molar-refractivity contribution in [3.05, 3.63) is 58.3 Å². The Balaban J connectivity index is 1.81. The van der Waals surface area contributed by atoms with Crippen LogP contribution in [0.1, 0.15) is 42.2 Å². The quantitative estimate of drug-likeness (QED) is 0.589. The van der Waals surface area contributed by atoms with E-state index in [-0.39, 0.29) is 11.9 Å². The minimum Gasteiger partial charge on any atom is -0.354 e. The summed E-state index contributed by atoms with van der Waals surface area (Å²) in [4.78, 5) is 24.4. The summed E-state index contributed by atoms with van der Waals surface area (Å²) < 4.78 is 1.01. The zero-order valence-corrected chi connectivity index (χ0v) is 17.7. The lowest BCUT2D eigenvalue weighted by molar-refractivity contribution is 0.0636. The summed E-state index contributed by atoms with van der Waals surface area (Å²) in [6, 6.07) is 12.1. The molecule has 1 fully saturated rings. The number of hydrogen-bond acceptors (Lipinski definition) is 4. The number of nitrogens with one attached hydrogen (secondary N) is 1. The molecule has 0 bridgehead atoms. The van der Waals surface area contributed by atoms with E-state index in [1.165, 1.54) is 6.42 Å². The van der Waals surface area contributed by atoms with Crippen molar-refractivity contribution in [2.45, 2.75) is 39.2 Å². The molecular formula is C22H23BrN4O. The molecule has 1 saturated heterocycles. The van der Waals surface area contributed by atoms with Gasteiger partial charge in [0.2, 0.25) is 0 Å². The molecule has 1 aliphatic heterocycles. The molecule has 0 spiro atoms. The Labute approximate surface area is 173 Å². The van der Waals surface area contributed by atoms with Crippen LogP contribution in [0.3, 0.4) is 0 Å². The predicted octanol–water partition coefficient (Wildman–Crippen LogP) is 5.46. The Kier molecular flexibility index (Phi) is 5.31. The molecule has 5 nitrogen and oxygen atoms in total. The molecule has 1 N–H and O–H groups in total. The van der Waals surface area contributed by atoms with E-state index in [0.717, 1.165) is 46.3 Å². The van der Waals surface area contributed by atoms with Gasteiger partial charge in [-0.15, -0.1) is 0 Å². The average molecular weight is 439 g/mol. The number of likely N-dealkylation sites (tertiary alicyclic amines) is 1. The second-order valence-corrected chi connectivity index (χ2v) is 8.26. The van der Waals surface area contributed by atoms with Crippen LogP contribution in [0.2, 0.25) is 0 Å². The number of halogens is 1. The highest BCUT2D eigenvalue weighted by atomic mass is 79.9. The molecule has 3 heterocycles. The molecule has 1 aromatic carbocycles. The summed E-state index contributed by atoms with van der Waals surface area (Å²) in [7, 11) is 0. The SMILES string of the molecule is Cc1ccc2c(Nc3ccc(Br)cc3)c(C(=O)N3CCCC[C@H]3C)cnc2n1. The second-order valence-electron chi connectivity index (χ2n) is 7.35. The lowest BCUT2D eigenvalue weighted by Gasteiger charge is -2.34. The number of hydrogen-bond donors (Lipinski definition) is 1. The van der Waals surface area contributed by atoms with Crippen LogP contribution in [0.15, 0.2) is 47.1 Å². The second kappa shape index (κ2) is 7.87. The monoisotopic (exact) mass is 438 g/mol. The van der Waals surface area contributed by atoms with Gasteiger partial charge in [-0.1, -0.05) is 15.9 Å². The van der Waals surface area contributed by atoms with Gasteiger partial charge in [0.25, 0.3) is 5.91 Å². The van der Waals surface area contributed by atoms with E-state index in [9.17, 15) is 4.79 Å². The minimum atomic E-state index is 0.0294. The van der Waals surface area contributed by atoms with Gasteiger partial charge in [-0.2, -0.15) is 0 Å². The third-order valence-corrected chi connectivity index (χ3v) is 5.81. The lowest BCUT2D eigenvalue weighted by Crippen LogP contribution is -2.42. The number of aromatic nitrogens is 2. The number of benzene rings is 1. The molecule has 0 aliphatic carbocycles. The van der Waals surface area contributed by atoms with Crippen LogP contribution in [0, 0.1) is 6.92 Å². The molecule has 144 valence electrons. The first-order valence-corrected chi connectivity index (χ1v) is 10.4. The average Bonchev–Trinajstić information content (AvgIpc) is 2.69. The van der Waals surface area contributed by atoms with Crippen LogP contribution in [0.5, 0.6) is 0 Å². The maximum absolute atomic E-state index is 13.4. The fourth-order valence-corrected chi connectivity index (χ4v) is 3.97. The van der Waals surface area contributed by atoms with Crippen LogP contribution in [0.4, 0.5) is 11.4 Å². The molecule has 6 heteroatoms. The molecule has 0 unspecified atom stereocenters. The highest BCUT2D eigenvalue weighted by molar-refractivity contribution is 9.10. The first-order valence-electron chi connectivity index (χ1n) is 9.63. The molecule has 0 radical (unpaired) electrons. The molecule has 1 atom stereocenters. The van der Waals surface area contributed by atoms with Crippen molar-refractivity contribution in [3.63, 3.8) is 0 Å². The summed E-state index contributed by atoms with van der Waals surface area (Å²) in [5, 5.41) is 4.30.